The van der Waals surface area contributed by atoms with E-state index in [1.807, 2.05) is 31.9 Å². The summed E-state index contributed by atoms with van der Waals surface area (Å²) in [6.07, 6.45) is 2.01. The first kappa shape index (κ1) is 10.8. The van der Waals surface area contributed by atoms with Gasteiger partial charge < -0.3 is 4.90 Å². The number of thioether (sulfide) groups is 1. The number of carbonyl (C=O) groups is 1. The molecule has 0 heterocycles. The van der Waals surface area contributed by atoms with Crippen LogP contribution in [0, 0.1) is 5.92 Å². The van der Waals surface area contributed by atoms with Crippen LogP contribution in [0.25, 0.3) is 0 Å². The average molecular weight is 175 g/mol. The number of amides is 1. The van der Waals surface area contributed by atoms with Gasteiger partial charge in [0.15, 0.2) is 0 Å². The van der Waals surface area contributed by atoms with E-state index in [0.29, 0.717) is 0 Å². The zero-order chi connectivity index (χ0) is 8.85. The van der Waals surface area contributed by atoms with Crippen molar-refractivity contribution < 1.29 is 4.79 Å². The van der Waals surface area contributed by atoms with Gasteiger partial charge in [0, 0.05) is 12.5 Å². The third-order valence-corrected chi connectivity index (χ3v) is 2.04. The zero-order valence-corrected chi connectivity index (χ0v) is 8.57. The minimum atomic E-state index is 0.127. The number of rotatable bonds is 4. The zero-order valence-electron chi connectivity index (χ0n) is 7.76. The standard InChI is InChI=1S/C8H17NOS/c1-5-9(6-11-4)8(10)7(2)3/h7H,5-6H2,1-4H3. The molecule has 0 spiro atoms. The molecule has 0 bridgehead atoms. The second-order valence-electron chi connectivity index (χ2n) is 2.77. The van der Waals surface area contributed by atoms with Crippen LogP contribution in [0.15, 0.2) is 0 Å². The van der Waals surface area contributed by atoms with Gasteiger partial charge in [-0.05, 0) is 13.2 Å². The van der Waals surface area contributed by atoms with E-state index in [9.17, 15) is 4.79 Å². The highest BCUT2D eigenvalue weighted by molar-refractivity contribution is 7.98. The van der Waals surface area contributed by atoms with Crippen molar-refractivity contribution in [1.82, 2.24) is 4.90 Å². The Balaban J connectivity index is 3.92. The van der Waals surface area contributed by atoms with Gasteiger partial charge in [-0.3, -0.25) is 4.79 Å². The molecule has 0 unspecified atom stereocenters. The van der Waals surface area contributed by atoms with E-state index in [-0.39, 0.29) is 11.8 Å². The summed E-state index contributed by atoms with van der Waals surface area (Å²) in [5, 5.41) is 0. The van der Waals surface area contributed by atoms with Crippen molar-refractivity contribution in [3.8, 4) is 0 Å². The van der Waals surface area contributed by atoms with Crippen molar-refractivity contribution in [2.75, 3.05) is 18.7 Å². The van der Waals surface area contributed by atoms with Crippen molar-refractivity contribution in [2.24, 2.45) is 5.92 Å². The van der Waals surface area contributed by atoms with E-state index >= 15 is 0 Å². The summed E-state index contributed by atoms with van der Waals surface area (Å²) >= 11 is 1.69. The molecule has 0 rings (SSSR count). The molecule has 2 nitrogen and oxygen atoms in total. The maximum absolute atomic E-state index is 11.4. The fourth-order valence-corrected chi connectivity index (χ4v) is 1.45. The van der Waals surface area contributed by atoms with Gasteiger partial charge in [0.1, 0.15) is 0 Å². The Labute approximate surface area is 73.3 Å². The topological polar surface area (TPSA) is 20.3 Å². The molecule has 0 aliphatic heterocycles. The predicted molar refractivity (Wildman–Crippen MR) is 50.6 cm³/mol. The molecule has 0 radical (unpaired) electrons. The third kappa shape index (κ3) is 3.65. The Morgan fingerprint density at radius 1 is 1.55 bits per heavy atom. The van der Waals surface area contributed by atoms with Gasteiger partial charge in [0.25, 0.3) is 0 Å². The molecule has 0 saturated heterocycles. The Morgan fingerprint density at radius 2 is 2.09 bits per heavy atom. The average Bonchev–Trinajstić information content (AvgIpc) is 1.98. The highest BCUT2D eigenvalue weighted by Crippen LogP contribution is 2.05. The molecule has 0 atom stereocenters. The molecule has 66 valence electrons. The minimum Gasteiger partial charge on any atom is -0.334 e. The number of nitrogens with zero attached hydrogens (tertiary/aromatic N) is 1. The largest absolute Gasteiger partial charge is 0.334 e. The van der Waals surface area contributed by atoms with Crippen LogP contribution in [0.3, 0.4) is 0 Å². The van der Waals surface area contributed by atoms with Gasteiger partial charge in [0.2, 0.25) is 5.91 Å². The van der Waals surface area contributed by atoms with Gasteiger partial charge in [-0.15, -0.1) is 11.8 Å². The lowest BCUT2D eigenvalue weighted by Gasteiger charge is -2.21. The Morgan fingerprint density at radius 3 is 2.36 bits per heavy atom. The Hall–Kier alpha value is -0.180. The molecule has 1 amide bonds. The lowest BCUT2D eigenvalue weighted by atomic mass is 10.2. The molecular formula is C8H17NOS. The summed E-state index contributed by atoms with van der Waals surface area (Å²) < 4.78 is 0. The summed E-state index contributed by atoms with van der Waals surface area (Å²) in [4.78, 5) is 13.2. The van der Waals surface area contributed by atoms with E-state index in [1.54, 1.807) is 11.8 Å². The van der Waals surface area contributed by atoms with Crippen molar-refractivity contribution in [3.63, 3.8) is 0 Å². The van der Waals surface area contributed by atoms with Crippen molar-refractivity contribution in [3.05, 3.63) is 0 Å². The van der Waals surface area contributed by atoms with Crippen molar-refractivity contribution >= 4 is 17.7 Å². The fraction of sp³-hybridized carbons (Fsp3) is 0.875. The van der Waals surface area contributed by atoms with Crippen LogP contribution >= 0.6 is 11.8 Å². The summed E-state index contributed by atoms with van der Waals surface area (Å²) in [7, 11) is 0. The van der Waals surface area contributed by atoms with Crippen LogP contribution in [0.5, 0.6) is 0 Å². The number of hydrogen-bond donors (Lipinski definition) is 0. The molecule has 0 aliphatic rings. The minimum absolute atomic E-state index is 0.127. The Bertz CT molecular complexity index is 125. The van der Waals surface area contributed by atoms with E-state index in [1.165, 1.54) is 0 Å². The van der Waals surface area contributed by atoms with E-state index in [0.717, 1.165) is 12.4 Å². The fourth-order valence-electron chi connectivity index (χ4n) is 0.832. The second kappa shape index (κ2) is 5.47. The van der Waals surface area contributed by atoms with Crippen LogP contribution in [-0.4, -0.2) is 29.5 Å². The van der Waals surface area contributed by atoms with Gasteiger partial charge in [-0.2, -0.15) is 0 Å². The first-order chi connectivity index (χ1) is 5.13. The normalized spacial score (nSPS) is 10.3. The number of carbonyl (C=O) groups excluding carboxylic acids is 1. The van der Waals surface area contributed by atoms with Gasteiger partial charge in [0.05, 0.1) is 5.88 Å². The third-order valence-electron chi connectivity index (χ3n) is 1.47. The molecule has 3 heteroatoms. The van der Waals surface area contributed by atoms with Crippen molar-refractivity contribution in [1.29, 1.82) is 0 Å². The molecule has 0 saturated carbocycles. The highest BCUT2D eigenvalue weighted by atomic mass is 32.2. The van der Waals surface area contributed by atoms with Crippen LogP contribution in [0.1, 0.15) is 20.8 Å². The molecule has 0 aromatic carbocycles. The van der Waals surface area contributed by atoms with Crippen LogP contribution < -0.4 is 0 Å². The van der Waals surface area contributed by atoms with Crippen LogP contribution in [-0.2, 0) is 4.79 Å². The van der Waals surface area contributed by atoms with E-state index in [2.05, 4.69) is 0 Å². The van der Waals surface area contributed by atoms with Crippen molar-refractivity contribution in [2.45, 2.75) is 20.8 Å². The summed E-state index contributed by atoms with van der Waals surface area (Å²) in [5.41, 5.74) is 0. The lowest BCUT2D eigenvalue weighted by Crippen LogP contribution is -2.33. The monoisotopic (exact) mass is 175 g/mol. The summed E-state index contributed by atoms with van der Waals surface area (Å²) in [6.45, 7) is 6.70. The van der Waals surface area contributed by atoms with Gasteiger partial charge >= 0.3 is 0 Å². The Kier molecular flexibility index (Phi) is 5.38. The lowest BCUT2D eigenvalue weighted by molar-refractivity contribution is -0.133. The number of hydrogen-bond acceptors (Lipinski definition) is 2. The smallest absolute Gasteiger partial charge is 0.225 e. The molecular weight excluding hydrogens is 158 g/mol. The van der Waals surface area contributed by atoms with Crippen LogP contribution in [0.2, 0.25) is 0 Å². The molecule has 0 N–H and O–H groups in total. The van der Waals surface area contributed by atoms with Gasteiger partial charge in [-0.25, -0.2) is 0 Å². The molecule has 11 heavy (non-hydrogen) atoms. The highest BCUT2D eigenvalue weighted by Gasteiger charge is 2.13. The first-order valence-electron chi connectivity index (χ1n) is 3.91. The predicted octanol–water partition coefficient (Wildman–Crippen LogP) is 1.81. The maximum atomic E-state index is 11.4. The van der Waals surface area contributed by atoms with Gasteiger partial charge in [-0.1, -0.05) is 13.8 Å². The molecule has 0 fully saturated rings. The quantitative estimate of drug-likeness (QED) is 0.607. The summed E-state index contributed by atoms with van der Waals surface area (Å²) in [6, 6.07) is 0. The molecule has 0 aliphatic carbocycles. The summed E-state index contributed by atoms with van der Waals surface area (Å²) in [5.74, 6) is 1.19. The van der Waals surface area contributed by atoms with Crippen LogP contribution in [0.4, 0.5) is 0 Å². The second-order valence-corrected chi connectivity index (χ2v) is 3.60. The van der Waals surface area contributed by atoms with E-state index in [4.69, 9.17) is 0 Å². The maximum Gasteiger partial charge on any atom is 0.225 e. The first-order valence-corrected chi connectivity index (χ1v) is 5.30. The molecule has 0 aromatic heterocycles. The SMILES string of the molecule is CCN(CSC)C(=O)C(C)C. The van der Waals surface area contributed by atoms with E-state index < -0.39 is 0 Å². The molecule has 0 aromatic rings.